The molecule has 0 radical (unpaired) electrons. The van der Waals surface area contributed by atoms with E-state index >= 15 is 0 Å². The van der Waals surface area contributed by atoms with Crippen LogP contribution in [-0.2, 0) is 5.54 Å². The van der Waals surface area contributed by atoms with Gasteiger partial charge in [-0.15, -0.1) is 0 Å². The van der Waals surface area contributed by atoms with Crippen molar-refractivity contribution in [3.63, 3.8) is 0 Å². The number of nitrogens with two attached hydrogens (primary N) is 1. The topological polar surface area (TPSA) is 54.5 Å². The number of nitrogens with zero attached hydrogens (tertiary/aromatic N) is 3. The van der Waals surface area contributed by atoms with Gasteiger partial charge >= 0.3 is 0 Å². The van der Waals surface area contributed by atoms with Crippen molar-refractivity contribution in [2.75, 3.05) is 13.1 Å². The van der Waals surface area contributed by atoms with Gasteiger partial charge in [0.15, 0.2) is 5.96 Å². The standard InChI is InChI=1S/C13H17FN4/c1-13(11-5-4-10(14)6-16-11)8-17-12(15)18(13)7-9-2-3-9/h4-6,9H,2-3,7-8H2,1H3,(H2,15,17). The first-order chi connectivity index (χ1) is 8.59. The summed E-state index contributed by atoms with van der Waals surface area (Å²) in [5.41, 5.74) is 6.47. The molecule has 0 spiro atoms. The fraction of sp³-hybridized carbons (Fsp3) is 0.538. The lowest BCUT2D eigenvalue weighted by Crippen LogP contribution is -2.48. The quantitative estimate of drug-likeness (QED) is 0.881. The monoisotopic (exact) mass is 248 g/mol. The second-order valence-electron chi connectivity index (χ2n) is 5.36. The summed E-state index contributed by atoms with van der Waals surface area (Å²) >= 11 is 0. The van der Waals surface area contributed by atoms with Gasteiger partial charge in [0.25, 0.3) is 0 Å². The van der Waals surface area contributed by atoms with Crippen molar-refractivity contribution in [2.24, 2.45) is 16.6 Å². The molecule has 1 saturated carbocycles. The maximum atomic E-state index is 13.0. The molecule has 2 N–H and O–H groups in total. The molecule has 1 fully saturated rings. The summed E-state index contributed by atoms with van der Waals surface area (Å²) in [4.78, 5) is 10.7. The average Bonchev–Trinajstić information content (AvgIpc) is 3.12. The van der Waals surface area contributed by atoms with Crippen LogP contribution in [0.4, 0.5) is 4.39 Å². The van der Waals surface area contributed by atoms with Gasteiger partial charge in [0.2, 0.25) is 0 Å². The van der Waals surface area contributed by atoms with Crippen molar-refractivity contribution >= 4 is 5.96 Å². The first-order valence-corrected chi connectivity index (χ1v) is 6.29. The summed E-state index contributed by atoms with van der Waals surface area (Å²) in [6.45, 7) is 3.58. The molecular weight excluding hydrogens is 231 g/mol. The van der Waals surface area contributed by atoms with Crippen LogP contribution in [0, 0.1) is 11.7 Å². The largest absolute Gasteiger partial charge is 0.370 e. The van der Waals surface area contributed by atoms with E-state index in [1.165, 1.54) is 25.1 Å². The molecule has 3 rings (SSSR count). The Labute approximate surface area is 106 Å². The number of hydrogen-bond acceptors (Lipinski definition) is 4. The number of aromatic nitrogens is 1. The maximum absolute atomic E-state index is 13.0. The van der Waals surface area contributed by atoms with Gasteiger partial charge in [-0.1, -0.05) is 0 Å². The molecule has 0 amide bonds. The second kappa shape index (κ2) is 3.93. The Morgan fingerprint density at radius 1 is 1.50 bits per heavy atom. The highest BCUT2D eigenvalue weighted by atomic mass is 19.1. The van der Waals surface area contributed by atoms with E-state index in [1.54, 1.807) is 6.07 Å². The number of pyridine rings is 1. The molecule has 1 atom stereocenters. The van der Waals surface area contributed by atoms with Crippen LogP contribution in [0.1, 0.15) is 25.5 Å². The van der Waals surface area contributed by atoms with Gasteiger partial charge in [-0.25, -0.2) is 4.39 Å². The molecule has 5 heteroatoms. The predicted octanol–water partition coefficient (Wildman–Crippen LogP) is 1.48. The van der Waals surface area contributed by atoms with Crippen LogP contribution in [0.2, 0.25) is 0 Å². The number of halogens is 1. The molecule has 1 aliphatic heterocycles. The van der Waals surface area contributed by atoms with Gasteiger partial charge in [-0.2, -0.15) is 0 Å². The van der Waals surface area contributed by atoms with Gasteiger partial charge in [0.1, 0.15) is 11.4 Å². The summed E-state index contributed by atoms with van der Waals surface area (Å²) in [7, 11) is 0. The molecule has 2 aliphatic rings. The first-order valence-electron chi connectivity index (χ1n) is 6.29. The minimum atomic E-state index is -0.333. The van der Waals surface area contributed by atoms with Crippen molar-refractivity contribution in [1.82, 2.24) is 9.88 Å². The minimum Gasteiger partial charge on any atom is -0.370 e. The molecule has 18 heavy (non-hydrogen) atoms. The van der Waals surface area contributed by atoms with Gasteiger partial charge in [-0.3, -0.25) is 9.98 Å². The third-order valence-corrected chi connectivity index (χ3v) is 3.84. The molecule has 1 aliphatic carbocycles. The molecule has 4 nitrogen and oxygen atoms in total. The van der Waals surface area contributed by atoms with E-state index in [9.17, 15) is 4.39 Å². The Morgan fingerprint density at radius 2 is 2.28 bits per heavy atom. The Hall–Kier alpha value is -1.65. The molecular formula is C13H17FN4. The SMILES string of the molecule is CC1(c2ccc(F)cn2)CN=C(N)N1CC1CC1. The number of aliphatic imine (C=N–C) groups is 1. The van der Waals surface area contributed by atoms with Crippen molar-refractivity contribution < 1.29 is 4.39 Å². The highest BCUT2D eigenvalue weighted by molar-refractivity contribution is 5.81. The van der Waals surface area contributed by atoms with Crippen molar-refractivity contribution in [3.8, 4) is 0 Å². The number of hydrogen-bond donors (Lipinski definition) is 1. The minimum absolute atomic E-state index is 0.317. The molecule has 1 aromatic heterocycles. The third kappa shape index (κ3) is 1.83. The fourth-order valence-electron chi connectivity index (χ4n) is 2.43. The molecule has 0 bridgehead atoms. The van der Waals surface area contributed by atoms with E-state index in [1.807, 2.05) is 0 Å². The zero-order chi connectivity index (χ0) is 12.8. The molecule has 96 valence electrons. The number of guanidine groups is 1. The van der Waals surface area contributed by atoms with Crippen LogP contribution in [0.15, 0.2) is 23.3 Å². The fourth-order valence-corrected chi connectivity index (χ4v) is 2.43. The summed E-state index contributed by atoms with van der Waals surface area (Å²) in [6.07, 6.45) is 3.78. The van der Waals surface area contributed by atoms with Gasteiger partial charge < -0.3 is 10.6 Å². The molecule has 0 aromatic carbocycles. The Bertz CT molecular complexity index is 480. The van der Waals surface area contributed by atoms with Crippen LogP contribution >= 0.6 is 0 Å². The maximum Gasteiger partial charge on any atom is 0.192 e. The second-order valence-corrected chi connectivity index (χ2v) is 5.36. The summed E-state index contributed by atoms with van der Waals surface area (Å²) < 4.78 is 13.0. The smallest absolute Gasteiger partial charge is 0.192 e. The van der Waals surface area contributed by atoms with E-state index in [2.05, 4.69) is 21.8 Å². The summed E-state index contributed by atoms with van der Waals surface area (Å²) in [6, 6.07) is 3.17. The first kappa shape index (κ1) is 11.4. The van der Waals surface area contributed by atoms with Crippen LogP contribution in [0.3, 0.4) is 0 Å². The molecule has 0 saturated heterocycles. The van der Waals surface area contributed by atoms with Crippen LogP contribution in [0.5, 0.6) is 0 Å². The number of rotatable bonds is 3. The van der Waals surface area contributed by atoms with Crippen LogP contribution < -0.4 is 5.73 Å². The van der Waals surface area contributed by atoms with E-state index in [0.717, 1.165) is 18.2 Å². The van der Waals surface area contributed by atoms with Crippen molar-refractivity contribution in [3.05, 3.63) is 29.8 Å². The Kier molecular flexibility index (Phi) is 2.50. The van der Waals surface area contributed by atoms with E-state index in [4.69, 9.17) is 5.73 Å². The van der Waals surface area contributed by atoms with Crippen molar-refractivity contribution in [2.45, 2.75) is 25.3 Å². The average molecular weight is 248 g/mol. The predicted molar refractivity (Wildman–Crippen MR) is 67.5 cm³/mol. The molecule has 2 heterocycles. The zero-order valence-corrected chi connectivity index (χ0v) is 10.4. The Balaban J connectivity index is 1.89. The highest BCUT2D eigenvalue weighted by Gasteiger charge is 2.42. The zero-order valence-electron chi connectivity index (χ0n) is 10.4. The van der Waals surface area contributed by atoms with Crippen LogP contribution in [-0.4, -0.2) is 28.9 Å². The summed E-state index contributed by atoms with van der Waals surface area (Å²) in [5, 5.41) is 0. The summed E-state index contributed by atoms with van der Waals surface area (Å²) in [5.74, 6) is 0.982. The van der Waals surface area contributed by atoms with Gasteiger partial charge in [0.05, 0.1) is 18.4 Å². The lowest BCUT2D eigenvalue weighted by Gasteiger charge is -2.35. The van der Waals surface area contributed by atoms with E-state index < -0.39 is 0 Å². The lowest BCUT2D eigenvalue weighted by atomic mass is 9.95. The Morgan fingerprint density at radius 3 is 2.89 bits per heavy atom. The third-order valence-electron chi connectivity index (χ3n) is 3.84. The molecule has 1 unspecified atom stereocenters. The van der Waals surface area contributed by atoms with E-state index in [0.29, 0.717) is 12.5 Å². The lowest BCUT2D eigenvalue weighted by molar-refractivity contribution is 0.211. The van der Waals surface area contributed by atoms with Crippen LogP contribution in [0.25, 0.3) is 0 Å². The van der Waals surface area contributed by atoms with Crippen molar-refractivity contribution in [1.29, 1.82) is 0 Å². The normalized spacial score (nSPS) is 27.4. The highest BCUT2D eigenvalue weighted by Crippen LogP contribution is 2.37. The van der Waals surface area contributed by atoms with E-state index in [-0.39, 0.29) is 11.4 Å². The van der Waals surface area contributed by atoms with Gasteiger partial charge in [-0.05, 0) is 37.8 Å². The van der Waals surface area contributed by atoms with Gasteiger partial charge in [0, 0.05) is 6.54 Å². The molecule has 1 aromatic rings.